The first-order valence-corrected chi connectivity index (χ1v) is 9.78. The molecule has 3 aromatic rings. The number of benzene rings is 3. The Morgan fingerprint density at radius 1 is 0.840 bits per heavy atom. The summed E-state index contributed by atoms with van der Waals surface area (Å²) in [7, 11) is -3.30. The Kier molecular flexibility index (Phi) is 4.04. The van der Waals surface area contributed by atoms with Crippen molar-refractivity contribution in [3.8, 4) is 5.75 Å². The second kappa shape index (κ2) is 6.36. The van der Waals surface area contributed by atoms with Gasteiger partial charge in [0.05, 0.1) is 5.69 Å². The fraction of sp³-hybridized carbons (Fsp3) is 0.0476. The topological polar surface area (TPSA) is 44.3 Å². The second-order valence-electron chi connectivity index (χ2n) is 6.05. The van der Waals surface area contributed by atoms with Crippen LogP contribution < -0.4 is 14.5 Å². The fourth-order valence-electron chi connectivity index (χ4n) is 2.86. The van der Waals surface area contributed by atoms with Crippen molar-refractivity contribution in [2.45, 2.75) is 6.92 Å². The van der Waals surface area contributed by atoms with Gasteiger partial charge in [-0.05, 0) is 31.2 Å². The first kappa shape index (κ1) is 15.9. The molecule has 1 unspecified atom stereocenters. The summed E-state index contributed by atoms with van der Waals surface area (Å²) in [6.45, 7) is 2.03. The van der Waals surface area contributed by atoms with Gasteiger partial charge in [0.25, 0.3) is 7.87 Å². The van der Waals surface area contributed by atoms with Gasteiger partial charge in [-0.2, -0.15) is 0 Å². The minimum Gasteiger partial charge on any atom is -0.625 e. The molecule has 0 aliphatic carbocycles. The molecule has 0 aromatic heterocycles. The third-order valence-electron chi connectivity index (χ3n) is 4.16. The van der Waals surface area contributed by atoms with Crippen LogP contribution >= 0.6 is 7.87 Å². The van der Waals surface area contributed by atoms with E-state index in [1.54, 1.807) is 0 Å². The van der Waals surface area contributed by atoms with Crippen LogP contribution in [0.25, 0.3) is 11.4 Å². The number of nitrogens with one attached hydrogen (secondary N) is 1. The zero-order valence-corrected chi connectivity index (χ0v) is 14.7. The molecule has 3 nitrogen and oxygen atoms in total. The van der Waals surface area contributed by atoms with Gasteiger partial charge in [0.1, 0.15) is 0 Å². The highest BCUT2D eigenvalue weighted by Gasteiger charge is 2.40. The summed E-state index contributed by atoms with van der Waals surface area (Å²) in [4.78, 5) is 13.8. The summed E-state index contributed by atoms with van der Waals surface area (Å²) in [6, 6.07) is 25.1. The largest absolute Gasteiger partial charge is 0.625 e. The molecule has 25 heavy (non-hydrogen) atoms. The van der Waals surface area contributed by atoms with E-state index in [0.717, 1.165) is 22.4 Å². The first-order chi connectivity index (χ1) is 12.1. The van der Waals surface area contributed by atoms with E-state index in [1.165, 1.54) is 0 Å². The number of fused-ring (bicyclic) bond motifs is 1. The molecule has 1 heterocycles. The van der Waals surface area contributed by atoms with E-state index < -0.39 is 7.87 Å². The van der Waals surface area contributed by atoms with Crippen LogP contribution in [-0.2, 0) is 0 Å². The van der Waals surface area contributed by atoms with Crippen molar-refractivity contribution in [1.82, 2.24) is 0 Å². The van der Waals surface area contributed by atoms with Crippen LogP contribution in [0, 0.1) is 6.92 Å². The lowest BCUT2D eigenvalue weighted by molar-refractivity contribution is -0.179. The van der Waals surface area contributed by atoms with E-state index in [1.807, 2.05) is 91.9 Å². The van der Waals surface area contributed by atoms with Crippen molar-refractivity contribution in [3.63, 3.8) is 0 Å². The van der Waals surface area contributed by atoms with Crippen molar-refractivity contribution in [3.05, 3.63) is 95.6 Å². The van der Waals surface area contributed by atoms with Gasteiger partial charge >= 0.3 is 0 Å². The number of para-hydroxylation sites is 2. The summed E-state index contributed by atoms with van der Waals surface area (Å²) in [6.07, 6.45) is 1.96. The normalized spacial score (nSPS) is 18.7. The molecule has 0 spiro atoms. The van der Waals surface area contributed by atoms with Crippen LogP contribution in [0.15, 0.2) is 78.9 Å². The van der Waals surface area contributed by atoms with E-state index in [-0.39, 0.29) is 0 Å². The summed E-state index contributed by atoms with van der Waals surface area (Å²) in [5.74, 6) is 0.579. The lowest BCUT2D eigenvalue weighted by Gasteiger charge is -2.34. The van der Waals surface area contributed by atoms with Crippen molar-refractivity contribution >= 4 is 24.9 Å². The molecule has 0 radical (unpaired) electrons. The summed E-state index contributed by atoms with van der Waals surface area (Å²) < 4.78 is 5.97. The zero-order chi connectivity index (χ0) is 17.3. The molecule has 124 valence electrons. The van der Waals surface area contributed by atoms with Crippen molar-refractivity contribution in [1.29, 1.82) is 0 Å². The summed E-state index contributed by atoms with van der Waals surface area (Å²) >= 11 is 0. The van der Waals surface area contributed by atoms with Gasteiger partial charge in [-0.1, -0.05) is 66.2 Å². The molecule has 0 bridgehead atoms. The minimum absolute atomic E-state index is 0.579. The zero-order valence-electron chi connectivity index (χ0n) is 13.8. The second-order valence-corrected chi connectivity index (χ2v) is 8.04. The van der Waals surface area contributed by atoms with Gasteiger partial charge in [0, 0.05) is 11.1 Å². The molecule has 0 fully saturated rings. The number of rotatable bonds is 3. The smallest absolute Gasteiger partial charge is 0.277 e. The van der Waals surface area contributed by atoms with Crippen LogP contribution in [0.2, 0.25) is 0 Å². The van der Waals surface area contributed by atoms with Gasteiger partial charge in [-0.25, -0.2) is 5.09 Å². The lowest BCUT2D eigenvalue weighted by atomic mass is 10.1. The molecule has 3 aromatic carbocycles. The summed E-state index contributed by atoms with van der Waals surface area (Å²) in [5.41, 5.74) is 3.87. The molecular weight excluding hydrogens is 329 g/mol. The van der Waals surface area contributed by atoms with Crippen LogP contribution in [0.4, 0.5) is 5.69 Å². The Morgan fingerprint density at radius 2 is 1.52 bits per heavy atom. The van der Waals surface area contributed by atoms with Crippen LogP contribution in [0.3, 0.4) is 0 Å². The maximum Gasteiger partial charge on any atom is 0.277 e. The first-order valence-electron chi connectivity index (χ1n) is 8.15. The van der Waals surface area contributed by atoms with E-state index in [2.05, 4.69) is 5.09 Å². The molecular formula is C21H18NO2P. The minimum atomic E-state index is -3.30. The maximum absolute atomic E-state index is 13.8. The molecule has 0 saturated heterocycles. The van der Waals surface area contributed by atoms with E-state index >= 15 is 0 Å². The van der Waals surface area contributed by atoms with Gasteiger partial charge in [0.2, 0.25) is 0 Å². The van der Waals surface area contributed by atoms with Crippen LogP contribution in [0.5, 0.6) is 5.75 Å². The highest BCUT2D eigenvalue weighted by Crippen LogP contribution is 2.65. The summed E-state index contributed by atoms with van der Waals surface area (Å²) in [5, 5.41) is 3.83. The fourth-order valence-corrected chi connectivity index (χ4v) is 4.86. The highest BCUT2D eigenvalue weighted by molar-refractivity contribution is 7.76. The molecule has 1 aliphatic rings. The number of aryl methyl sites for hydroxylation is 1. The molecule has 4 rings (SSSR count). The molecule has 0 amide bonds. The van der Waals surface area contributed by atoms with Crippen LogP contribution in [-0.4, -0.2) is 0 Å². The Morgan fingerprint density at radius 3 is 2.28 bits per heavy atom. The molecule has 1 aliphatic heterocycles. The van der Waals surface area contributed by atoms with E-state index in [4.69, 9.17) is 4.52 Å². The van der Waals surface area contributed by atoms with E-state index in [9.17, 15) is 4.89 Å². The van der Waals surface area contributed by atoms with Gasteiger partial charge in [-0.3, -0.25) is 0 Å². The van der Waals surface area contributed by atoms with E-state index in [0.29, 0.717) is 11.1 Å². The molecule has 1 N–H and O–H groups in total. The lowest BCUT2D eigenvalue weighted by Crippen LogP contribution is -2.26. The Bertz CT molecular complexity index is 922. The third-order valence-corrected chi connectivity index (χ3v) is 6.19. The highest BCUT2D eigenvalue weighted by atomic mass is 31.2. The predicted molar refractivity (Wildman–Crippen MR) is 103 cm³/mol. The van der Waals surface area contributed by atoms with Gasteiger partial charge in [-0.15, -0.1) is 0 Å². The monoisotopic (exact) mass is 347 g/mol. The Hall–Kier alpha value is -2.61. The third kappa shape index (κ3) is 3.17. The standard InChI is InChI=1S/C21H18NO2P/c1-16-11-13-17(14-12-16)21-15-18-7-5-6-10-20(18)22-25(21,23)24-19-8-3-2-4-9-19/h2-15H,1H3,(H,22,23). The molecule has 4 heteroatoms. The quantitative estimate of drug-likeness (QED) is 0.669. The Labute approximate surface area is 148 Å². The van der Waals surface area contributed by atoms with Crippen molar-refractivity contribution < 1.29 is 9.42 Å². The molecule has 1 atom stereocenters. The number of hydrogen-bond acceptors (Lipinski definition) is 3. The number of anilines is 1. The van der Waals surface area contributed by atoms with Crippen molar-refractivity contribution in [2.24, 2.45) is 0 Å². The maximum atomic E-state index is 13.8. The van der Waals surface area contributed by atoms with Crippen LogP contribution in [0.1, 0.15) is 16.7 Å². The predicted octanol–water partition coefficient (Wildman–Crippen LogP) is 5.12. The van der Waals surface area contributed by atoms with Gasteiger partial charge in [0.15, 0.2) is 11.1 Å². The average molecular weight is 347 g/mol. The van der Waals surface area contributed by atoms with Gasteiger partial charge < -0.3 is 9.42 Å². The molecule has 0 saturated carbocycles. The SMILES string of the molecule is Cc1ccc(C2=Cc3ccccc3N[P+]2([O-])Oc2ccccc2)cc1. The number of hydrogen-bond donors (Lipinski definition) is 1. The average Bonchev–Trinajstić information content (AvgIpc) is 2.62. The van der Waals surface area contributed by atoms with Crippen molar-refractivity contribution in [2.75, 3.05) is 5.09 Å². The Balaban J connectivity index is 1.82.